The van der Waals surface area contributed by atoms with Gasteiger partial charge in [0, 0.05) is 24.9 Å². The number of rotatable bonds is 2. The standard InChI is InChI=1S/C14H20N2OS/c1-8-13(9(2)17)18-14(15-8)10-6-11-4-5-12(7-10)16(11)3/h10-12H,4-7H2,1-3H3. The van der Waals surface area contributed by atoms with Crippen LogP contribution in [0.1, 0.15) is 58.9 Å². The van der Waals surface area contributed by atoms with Crippen LogP contribution >= 0.6 is 11.3 Å². The average Bonchev–Trinajstić information content (AvgIpc) is 2.77. The molecule has 0 amide bonds. The zero-order chi connectivity index (χ0) is 12.9. The number of aromatic nitrogens is 1. The Morgan fingerprint density at radius 3 is 2.44 bits per heavy atom. The number of carbonyl (C=O) groups is 1. The van der Waals surface area contributed by atoms with Gasteiger partial charge in [0.2, 0.25) is 0 Å². The highest BCUT2D eigenvalue weighted by atomic mass is 32.1. The molecule has 18 heavy (non-hydrogen) atoms. The van der Waals surface area contributed by atoms with Crippen molar-refractivity contribution >= 4 is 17.1 Å². The zero-order valence-corrected chi connectivity index (χ0v) is 12.1. The lowest BCUT2D eigenvalue weighted by molar-refractivity contribution is 0.102. The fraction of sp³-hybridized carbons (Fsp3) is 0.714. The van der Waals surface area contributed by atoms with E-state index in [1.807, 2.05) is 6.92 Å². The summed E-state index contributed by atoms with van der Waals surface area (Å²) < 4.78 is 0. The largest absolute Gasteiger partial charge is 0.300 e. The molecule has 3 heterocycles. The van der Waals surface area contributed by atoms with E-state index in [2.05, 4.69) is 16.9 Å². The number of Topliss-reactive ketones (excluding diaryl/α,β-unsaturated/α-hetero) is 1. The van der Waals surface area contributed by atoms with Gasteiger partial charge in [0.25, 0.3) is 0 Å². The highest BCUT2D eigenvalue weighted by molar-refractivity contribution is 7.13. The molecule has 2 saturated heterocycles. The SMILES string of the molecule is CC(=O)c1sc(C2CC3CCC(C2)N3C)nc1C. The Labute approximate surface area is 112 Å². The van der Waals surface area contributed by atoms with Crippen molar-refractivity contribution in [3.63, 3.8) is 0 Å². The van der Waals surface area contributed by atoms with E-state index in [9.17, 15) is 4.79 Å². The van der Waals surface area contributed by atoms with Gasteiger partial charge in [-0.2, -0.15) is 0 Å². The number of carbonyl (C=O) groups excluding carboxylic acids is 1. The van der Waals surface area contributed by atoms with Gasteiger partial charge in [-0.1, -0.05) is 0 Å². The third-order valence-electron chi connectivity index (χ3n) is 4.58. The summed E-state index contributed by atoms with van der Waals surface area (Å²) >= 11 is 1.63. The van der Waals surface area contributed by atoms with Crippen molar-refractivity contribution in [3.05, 3.63) is 15.6 Å². The van der Waals surface area contributed by atoms with Crippen molar-refractivity contribution in [1.29, 1.82) is 0 Å². The Morgan fingerprint density at radius 1 is 1.33 bits per heavy atom. The Bertz CT molecular complexity index is 468. The average molecular weight is 264 g/mol. The molecule has 0 spiro atoms. The molecule has 2 fully saturated rings. The normalized spacial score (nSPS) is 31.8. The monoisotopic (exact) mass is 264 g/mol. The number of fused-ring (bicyclic) bond motifs is 2. The fourth-order valence-corrected chi connectivity index (χ4v) is 4.62. The van der Waals surface area contributed by atoms with Gasteiger partial charge in [-0.15, -0.1) is 11.3 Å². The minimum Gasteiger partial charge on any atom is -0.300 e. The molecule has 2 atom stereocenters. The maximum atomic E-state index is 11.5. The van der Waals surface area contributed by atoms with Gasteiger partial charge in [-0.3, -0.25) is 4.79 Å². The van der Waals surface area contributed by atoms with Crippen LogP contribution in [0.15, 0.2) is 0 Å². The Hall–Kier alpha value is -0.740. The van der Waals surface area contributed by atoms with Crippen LogP contribution in [0.2, 0.25) is 0 Å². The third kappa shape index (κ3) is 1.91. The van der Waals surface area contributed by atoms with Gasteiger partial charge in [-0.25, -0.2) is 4.98 Å². The molecular weight excluding hydrogens is 244 g/mol. The molecule has 2 bridgehead atoms. The molecule has 1 aromatic rings. The molecule has 0 aliphatic carbocycles. The van der Waals surface area contributed by atoms with E-state index < -0.39 is 0 Å². The Balaban J connectivity index is 1.84. The molecule has 0 saturated carbocycles. The second-order valence-corrected chi connectivity index (χ2v) is 6.77. The summed E-state index contributed by atoms with van der Waals surface area (Å²) in [5.41, 5.74) is 0.925. The predicted octanol–water partition coefficient (Wildman–Crippen LogP) is 2.99. The number of aryl methyl sites for hydroxylation is 1. The van der Waals surface area contributed by atoms with Crippen molar-refractivity contribution < 1.29 is 4.79 Å². The van der Waals surface area contributed by atoms with Gasteiger partial charge in [-0.05, 0) is 39.7 Å². The van der Waals surface area contributed by atoms with Gasteiger partial charge in [0.05, 0.1) is 15.6 Å². The lowest BCUT2D eigenvalue weighted by atomic mass is 9.92. The Kier molecular flexibility index (Phi) is 3.02. The second kappa shape index (κ2) is 4.42. The summed E-state index contributed by atoms with van der Waals surface area (Å²) in [7, 11) is 2.26. The molecular formula is C14H20N2OS. The summed E-state index contributed by atoms with van der Waals surface area (Å²) in [4.78, 5) is 19.6. The third-order valence-corrected chi connectivity index (χ3v) is 6.00. The van der Waals surface area contributed by atoms with E-state index in [4.69, 9.17) is 0 Å². The smallest absolute Gasteiger partial charge is 0.171 e. The zero-order valence-electron chi connectivity index (χ0n) is 11.3. The maximum Gasteiger partial charge on any atom is 0.171 e. The first-order valence-corrected chi connectivity index (χ1v) is 7.58. The van der Waals surface area contributed by atoms with Gasteiger partial charge in [0.1, 0.15) is 0 Å². The number of hydrogen-bond acceptors (Lipinski definition) is 4. The fourth-order valence-electron chi connectivity index (χ4n) is 3.53. The lowest BCUT2D eigenvalue weighted by Crippen LogP contribution is -2.39. The van der Waals surface area contributed by atoms with Crippen LogP contribution in [-0.4, -0.2) is 34.8 Å². The van der Waals surface area contributed by atoms with Crippen molar-refractivity contribution in [1.82, 2.24) is 9.88 Å². The van der Waals surface area contributed by atoms with E-state index in [0.717, 1.165) is 22.7 Å². The Morgan fingerprint density at radius 2 is 1.94 bits per heavy atom. The first kappa shape index (κ1) is 12.3. The van der Waals surface area contributed by atoms with Gasteiger partial charge in [0.15, 0.2) is 5.78 Å². The molecule has 0 radical (unpaired) electrons. The summed E-state index contributed by atoms with van der Waals surface area (Å²) in [6.45, 7) is 3.60. The van der Waals surface area contributed by atoms with E-state index in [1.165, 1.54) is 30.7 Å². The van der Waals surface area contributed by atoms with Crippen LogP contribution in [0.5, 0.6) is 0 Å². The number of thiazole rings is 1. The number of nitrogens with zero attached hydrogens (tertiary/aromatic N) is 2. The molecule has 4 heteroatoms. The molecule has 3 nitrogen and oxygen atoms in total. The summed E-state index contributed by atoms with van der Waals surface area (Å²) in [6.07, 6.45) is 5.11. The molecule has 2 aliphatic heterocycles. The molecule has 98 valence electrons. The number of piperidine rings is 1. The highest BCUT2D eigenvalue weighted by Gasteiger charge is 2.39. The molecule has 0 aromatic carbocycles. The number of hydrogen-bond donors (Lipinski definition) is 0. The van der Waals surface area contributed by atoms with E-state index in [1.54, 1.807) is 18.3 Å². The van der Waals surface area contributed by atoms with Gasteiger partial charge >= 0.3 is 0 Å². The first-order chi connectivity index (χ1) is 8.56. The lowest BCUT2D eigenvalue weighted by Gasteiger charge is -2.35. The van der Waals surface area contributed by atoms with Crippen molar-refractivity contribution in [3.8, 4) is 0 Å². The minimum atomic E-state index is 0.159. The second-order valence-electron chi connectivity index (χ2n) is 5.74. The van der Waals surface area contributed by atoms with Crippen molar-refractivity contribution in [2.75, 3.05) is 7.05 Å². The van der Waals surface area contributed by atoms with Crippen LogP contribution in [0.3, 0.4) is 0 Å². The predicted molar refractivity (Wildman–Crippen MR) is 73.4 cm³/mol. The van der Waals surface area contributed by atoms with Crippen molar-refractivity contribution in [2.45, 2.75) is 57.5 Å². The van der Waals surface area contributed by atoms with Crippen LogP contribution in [0.4, 0.5) is 0 Å². The van der Waals surface area contributed by atoms with E-state index in [0.29, 0.717) is 5.92 Å². The highest BCUT2D eigenvalue weighted by Crippen LogP contribution is 2.43. The van der Waals surface area contributed by atoms with Crippen LogP contribution < -0.4 is 0 Å². The maximum absolute atomic E-state index is 11.5. The van der Waals surface area contributed by atoms with Gasteiger partial charge < -0.3 is 4.90 Å². The molecule has 2 aliphatic rings. The molecule has 0 N–H and O–H groups in total. The van der Waals surface area contributed by atoms with E-state index in [-0.39, 0.29) is 5.78 Å². The minimum absolute atomic E-state index is 0.159. The summed E-state index contributed by atoms with van der Waals surface area (Å²) in [6, 6.07) is 1.47. The molecule has 1 aromatic heterocycles. The van der Waals surface area contributed by atoms with Crippen LogP contribution in [-0.2, 0) is 0 Å². The summed E-state index contributed by atoms with van der Waals surface area (Å²) in [5.74, 6) is 0.739. The van der Waals surface area contributed by atoms with Crippen LogP contribution in [0, 0.1) is 6.92 Å². The summed E-state index contributed by atoms with van der Waals surface area (Å²) in [5, 5.41) is 1.20. The molecule has 3 rings (SSSR count). The first-order valence-electron chi connectivity index (χ1n) is 6.76. The number of ketones is 1. The van der Waals surface area contributed by atoms with Crippen molar-refractivity contribution in [2.24, 2.45) is 0 Å². The molecule has 2 unspecified atom stereocenters. The van der Waals surface area contributed by atoms with E-state index >= 15 is 0 Å². The quantitative estimate of drug-likeness (QED) is 0.770. The van der Waals surface area contributed by atoms with Crippen LogP contribution in [0.25, 0.3) is 0 Å². The topological polar surface area (TPSA) is 33.2 Å².